The van der Waals surface area contributed by atoms with E-state index in [2.05, 4.69) is 4.98 Å². The third-order valence-corrected chi connectivity index (χ3v) is 3.40. The summed E-state index contributed by atoms with van der Waals surface area (Å²) in [7, 11) is 0. The lowest BCUT2D eigenvalue weighted by molar-refractivity contribution is 0.0972. The van der Waals surface area contributed by atoms with Crippen LogP contribution < -0.4 is 5.69 Å². The Labute approximate surface area is 99.2 Å². The van der Waals surface area contributed by atoms with Crippen LogP contribution in [-0.2, 0) is 11.3 Å². The number of para-hydroxylation sites is 1. The van der Waals surface area contributed by atoms with Crippen molar-refractivity contribution in [3.05, 3.63) is 34.2 Å². The molecule has 90 valence electrons. The molecule has 3 rings (SSSR count). The number of aromatic nitrogens is 2. The van der Waals surface area contributed by atoms with Gasteiger partial charge in [0.25, 0.3) is 0 Å². The molecule has 1 aliphatic heterocycles. The predicted octanol–water partition coefficient (Wildman–Crippen LogP) is 1.82. The maximum absolute atomic E-state index is 11.9. The predicted molar refractivity (Wildman–Crippen MR) is 66.3 cm³/mol. The van der Waals surface area contributed by atoms with Crippen LogP contribution in [0.25, 0.3) is 11.0 Å². The number of nitrogens with one attached hydrogen (secondary N) is 1. The second-order valence-electron chi connectivity index (χ2n) is 4.65. The van der Waals surface area contributed by atoms with Crippen LogP contribution in [0.2, 0.25) is 0 Å². The summed E-state index contributed by atoms with van der Waals surface area (Å²) in [6.07, 6.45) is 2.33. The Morgan fingerprint density at radius 2 is 2.41 bits per heavy atom. The third kappa shape index (κ3) is 1.78. The van der Waals surface area contributed by atoms with Crippen LogP contribution in [0.5, 0.6) is 0 Å². The second kappa shape index (κ2) is 4.04. The molecule has 0 aliphatic carbocycles. The molecule has 1 aromatic heterocycles. The van der Waals surface area contributed by atoms with Gasteiger partial charge in [-0.15, -0.1) is 0 Å². The first-order chi connectivity index (χ1) is 8.25. The summed E-state index contributed by atoms with van der Waals surface area (Å²) in [4.78, 5) is 14.8. The minimum absolute atomic E-state index is 0.0372. The van der Waals surface area contributed by atoms with Gasteiger partial charge in [-0.05, 0) is 31.4 Å². The maximum atomic E-state index is 11.9. The average Bonchev–Trinajstić information content (AvgIpc) is 2.89. The highest BCUT2D eigenvalue weighted by molar-refractivity contribution is 5.78. The fourth-order valence-electron chi connectivity index (χ4n) is 2.57. The molecule has 1 saturated heterocycles. The van der Waals surface area contributed by atoms with Crippen LogP contribution in [0.3, 0.4) is 0 Å². The Hall–Kier alpha value is -1.55. The lowest BCUT2D eigenvalue weighted by Crippen LogP contribution is -2.24. The number of fused-ring (bicyclic) bond motifs is 1. The van der Waals surface area contributed by atoms with Gasteiger partial charge >= 0.3 is 5.69 Å². The molecule has 1 unspecified atom stereocenters. The van der Waals surface area contributed by atoms with E-state index in [0.717, 1.165) is 36.0 Å². The quantitative estimate of drug-likeness (QED) is 0.858. The SMILES string of the molecule is Cc1cccc2[nH]c(=O)n(CC3CCCO3)c12. The number of hydrogen-bond acceptors (Lipinski definition) is 2. The molecular formula is C13H16N2O2. The molecule has 4 nitrogen and oxygen atoms in total. The summed E-state index contributed by atoms with van der Waals surface area (Å²) < 4.78 is 7.40. The smallest absolute Gasteiger partial charge is 0.326 e. The topological polar surface area (TPSA) is 47.0 Å². The minimum atomic E-state index is -0.0372. The molecule has 4 heteroatoms. The number of rotatable bonds is 2. The highest BCUT2D eigenvalue weighted by Gasteiger charge is 2.18. The van der Waals surface area contributed by atoms with Crippen LogP contribution in [0.4, 0.5) is 0 Å². The molecule has 1 aliphatic rings. The van der Waals surface area contributed by atoms with Gasteiger partial charge in [-0.3, -0.25) is 4.57 Å². The molecule has 1 fully saturated rings. The summed E-state index contributed by atoms with van der Waals surface area (Å²) in [6.45, 7) is 3.51. The Morgan fingerprint density at radius 3 is 3.18 bits per heavy atom. The molecule has 0 bridgehead atoms. The molecule has 0 spiro atoms. The van der Waals surface area contributed by atoms with Crippen molar-refractivity contribution in [1.29, 1.82) is 0 Å². The Morgan fingerprint density at radius 1 is 1.53 bits per heavy atom. The summed E-state index contributed by atoms with van der Waals surface area (Å²) in [5.41, 5.74) is 3.00. The van der Waals surface area contributed by atoms with Crippen LogP contribution in [-0.4, -0.2) is 22.3 Å². The van der Waals surface area contributed by atoms with E-state index in [1.165, 1.54) is 0 Å². The number of aryl methyl sites for hydroxylation is 1. The molecule has 0 radical (unpaired) electrons. The number of hydrogen-bond donors (Lipinski definition) is 1. The lowest BCUT2D eigenvalue weighted by Gasteiger charge is -2.11. The summed E-state index contributed by atoms with van der Waals surface area (Å²) >= 11 is 0. The van der Waals surface area contributed by atoms with E-state index in [1.54, 1.807) is 4.57 Å². The summed E-state index contributed by atoms with van der Waals surface area (Å²) in [6, 6.07) is 5.93. The van der Waals surface area contributed by atoms with Crippen molar-refractivity contribution < 1.29 is 4.74 Å². The number of aromatic amines is 1. The molecule has 0 amide bonds. The number of benzene rings is 1. The molecule has 1 N–H and O–H groups in total. The van der Waals surface area contributed by atoms with E-state index in [9.17, 15) is 4.79 Å². The fourth-order valence-corrected chi connectivity index (χ4v) is 2.57. The Bertz CT molecular complexity index is 591. The van der Waals surface area contributed by atoms with Crippen molar-refractivity contribution >= 4 is 11.0 Å². The van der Waals surface area contributed by atoms with Gasteiger partial charge in [0.1, 0.15) is 0 Å². The largest absolute Gasteiger partial charge is 0.376 e. The first-order valence-corrected chi connectivity index (χ1v) is 6.05. The minimum Gasteiger partial charge on any atom is -0.376 e. The van der Waals surface area contributed by atoms with Crippen molar-refractivity contribution in [2.24, 2.45) is 0 Å². The van der Waals surface area contributed by atoms with Gasteiger partial charge in [0.2, 0.25) is 0 Å². The summed E-state index contributed by atoms with van der Waals surface area (Å²) in [5.74, 6) is 0. The van der Waals surface area contributed by atoms with Crippen LogP contribution in [0.15, 0.2) is 23.0 Å². The first-order valence-electron chi connectivity index (χ1n) is 6.05. The van der Waals surface area contributed by atoms with Gasteiger partial charge in [-0.2, -0.15) is 0 Å². The van der Waals surface area contributed by atoms with E-state index in [-0.39, 0.29) is 11.8 Å². The van der Waals surface area contributed by atoms with Crippen molar-refractivity contribution in [1.82, 2.24) is 9.55 Å². The standard InChI is InChI=1S/C13H16N2O2/c1-9-4-2-6-11-12(9)15(13(16)14-11)8-10-5-3-7-17-10/h2,4,6,10H,3,5,7-8H2,1H3,(H,14,16). The van der Waals surface area contributed by atoms with E-state index in [1.807, 2.05) is 25.1 Å². The highest BCUT2D eigenvalue weighted by Crippen LogP contribution is 2.18. The van der Waals surface area contributed by atoms with Crippen molar-refractivity contribution in [3.8, 4) is 0 Å². The third-order valence-electron chi connectivity index (χ3n) is 3.40. The van der Waals surface area contributed by atoms with Crippen LogP contribution in [0, 0.1) is 6.92 Å². The average molecular weight is 232 g/mol. The number of ether oxygens (including phenoxy) is 1. The van der Waals surface area contributed by atoms with Crippen molar-refractivity contribution in [2.45, 2.75) is 32.4 Å². The van der Waals surface area contributed by atoms with E-state index in [0.29, 0.717) is 6.54 Å². The molecule has 1 aromatic carbocycles. The van der Waals surface area contributed by atoms with Crippen molar-refractivity contribution in [2.75, 3.05) is 6.61 Å². The van der Waals surface area contributed by atoms with E-state index < -0.39 is 0 Å². The van der Waals surface area contributed by atoms with E-state index in [4.69, 9.17) is 4.74 Å². The van der Waals surface area contributed by atoms with Gasteiger partial charge in [-0.25, -0.2) is 4.79 Å². The highest BCUT2D eigenvalue weighted by atomic mass is 16.5. The molecule has 2 heterocycles. The normalized spacial score (nSPS) is 20.2. The van der Waals surface area contributed by atoms with Gasteiger partial charge in [0, 0.05) is 6.61 Å². The van der Waals surface area contributed by atoms with Gasteiger partial charge in [0.15, 0.2) is 0 Å². The van der Waals surface area contributed by atoms with Crippen LogP contribution in [0.1, 0.15) is 18.4 Å². The number of nitrogens with zero attached hydrogens (tertiary/aromatic N) is 1. The van der Waals surface area contributed by atoms with Crippen LogP contribution >= 0.6 is 0 Å². The molecule has 17 heavy (non-hydrogen) atoms. The summed E-state index contributed by atoms with van der Waals surface area (Å²) in [5, 5.41) is 0. The zero-order chi connectivity index (χ0) is 11.8. The number of imidazole rings is 1. The molecular weight excluding hydrogens is 216 g/mol. The fraction of sp³-hybridized carbons (Fsp3) is 0.462. The second-order valence-corrected chi connectivity index (χ2v) is 4.65. The zero-order valence-corrected chi connectivity index (χ0v) is 9.90. The maximum Gasteiger partial charge on any atom is 0.326 e. The van der Waals surface area contributed by atoms with Gasteiger partial charge in [0.05, 0.1) is 23.7 Å². The monoisotopic (exact) mass is 232 g/mol. The Balaban J connectivity index is 2.08. The van der Waals surface area contributed by atoms with Gasteiger partial charge in [-0.1, -0.05) is 12.1 Å². The molecule has 0 saturated carbocycles. The lowest BCUT2D eigenvalue weighted by atomic mass is 10.2. The van der Waals surface area contributed by atoms with Crippen molar-refractivity contribution in [3.63, 3.8) is 0 Å². The zero-order valence-electron chi connectivity index (χ0n) is 9.90. The Kier molecular flexibility index (Phi) is 2.52. The first kappa shape index (κ1) is 10.6. The van der Waals surface area contributed by atoms with E-state index >= 15 is 0 Å². The molecule has 2 aromatic rings. The number of H-pyrrole nitrogens is 1. The molecule has 1 atom stereocenters. The van der Waals surface area contributed by atoms with Gasteiger partial charge < -0.3 is 9.72 Å².